The van der Waals surface area contributed by atoms with Crippen molar-refractivity contribution in [3.8, 4) is 0 Å². The largest absolute Gasteiger partial charge is 0.381 e. The van der Waals surface area contributed by atoms with Crippen LogP contribution >= 0.6 is 0 Å². The molecule has 0 radical (unpaired) electrons. The normalized spacial score (nSPS) is 30.6. The van der Waals surface area contributed by atoms with Gasteiger partial charge in [-0.05, 0) is 57.5 Å². The standard InChI is InChI=1S/C17H33NO/c1-3-4-5-6-15-11-13-18(14-12-15)16-7-9-17(19-2)10-8-16/h15-17H,3-14H2,1-2H3/t16-,17-. The molecule has 2 aliphatic rings. The lowest BCUT2D eigenvalue weighted by Crippen LogP contribution is -2.43. The molecule has 0 aromatic rings. The molecule has 2 heteroatoms. The van der Waals surface area contributed by atoms with Crippen molar-refractivity contribution in [1.82, 2.24) is 4.90 Å². The van der Waals surface area contributed by atoms with E-state index in [1.807, 2.05) is 7.11 Å². The Balaban J connectivity index is 1.63. The van der Waals surface area contributed by atoms with Crippen molar-refractivity contribution in [1.29, 1.82) is 0 Å². The highest BCUT2D eigenvalue weighted by atomic mass is 16.5. The van der Waals surface area contributed by atoms with Gasteiger partial charge in [-0.3, -0.25) is 0 Å². The van der Waals surface area contributed by atoms with Gasteiger partial charge in [0, 0.05) is 13.2 Å². The first-order valence-corrected chi connectivity index (χ1v) is 8.60. The number of ether oxygens (including phenoxy) is 1. The van der Waals surface area contributed by atoms with Crippen molar-refractivity contribution >= 4 is 0 Å². The van der Waals surface area contributed by atoms with Crippen molar-refractivity contribution in [2.24, 2.45) is 5.92 Å². The monoisotopic (exact) mass is 267 g/mol. The maximum atomic E-state index is 5.48. The summed E-state index contributed by atoms with van der Waals surface area (Å²) in [5, 5.41) is 0. The van der Waals surface area contributed by atoms with E-state index in [-0.39, 0.29) is 0 Å². The summed E-state index contributed by atoms with van der Waals surface area (Å²) in [7, 11) is 1.87. The predicted molar refractivity (Wildman–Crippen MR) is 81.5 cm³/mol. The quantitative estimate of drug-likeness (QED) is 0.668. The van der Waals surface area contributed by atoms with Crippen molar-refractivity contribution < 1.29 is 4.74 Å². The second kappa shape index (κ2) is 8.26. The second-order valence-corrected chi connectivity index (χ2v) is 6.64. The smallest absolute Gasteiger partial charge is 0.0572 e. The van der Waals surface area contributed by atoms with Gasteiger partial charge in [0.15, 0.2) is 0 Å². The highest BCUT2D eigenvalue weighted by molar-refractivity contribution is 4.83. The highest BCUT2D eigenvalue weighted by Crippen LogP contribution is 2.29. The highest BCUT2D eigenvalue weighted by Gasteiger charge is 2.28. The van der Waals surface area contributed by atoms with Crippen LogP contribution in [0, 0.1) is 5.92 Å². The van der Waals surface area contributed by atoms with E-state index in [4.69, 9.17) is 4.74 Å². The minimum Gasteiger partial charge on any atom is -0.381 e. The van der Waals surface area contributed by atoms with E-state index in [0.29, 0.717) is 6.10 Å². The molecule has 2 fully saturated rings. The van der Waals surface area contributed by atoms with Gasteiger partial charge in [0.25, 0.3) is 0 Å². The molecule has 1 aliphatic heterocycles. The fourth-order valence-corrected chi connectivity index (χ4v) is 3.94. The lowest BCUT2D eigenvalue weighted by Gasteiger charge is -2.40. The number of hydrogen-bond acceptors (Lipinski definition) is 2. The minimum atomic E-state index is 0.544. The van der Waals surface area contributed by atoms with Crippen molar-refractivity contribution in [3.05, 3.63) is 0 Å². The first-order chi connectivity index (χ1) is 9.33. The Morgan fingerprint density at radius 2 is 1.63 bits per heavy atom. The van der Waals surface area contributed by atoms with E-state index in [2.05, 4.69) is 11.8 Å². The molecule has 0 N–H and O–H groups in total. The molecule has 0 amide bonds. The molecule has 1 heterocycles. The van der Waals surface area contributed by atoms with E-state index in [9.17, 15) is 0 Å². The Morgan fingerprint density at radius 1 is 0.947 bits per heavy atom. The van der Waals surface area contributed by atoms with Crippen LogP contribution in [0.3, 0.4) is 0 Å². The summed E-state index contributed by atoms with van der Waals surface area (Å²) >= 11 is 0. The third-order valence-corrected chi connectivity index (χ3v) is 5.36. The Bertz CT molecular complexity index is 227. The topological polar surface area (TPSA) is 12.5 Å². The SMILES string of the molecule is CCCCCC1CCN([C@H]2CC[C@H](OC)CC2)CC1. The average Bonchev–Trinajstić information content (AvgIpc) is 2.48. The van der Waals surface area contributed by atoms with Crippen LogP contribution in [0.2, 0.25) is 0 Å². The summed E-state index contributed by atoms with van der Waals surface area (Å²) in [6.07, 6.45) is 14.5. The molecule has 0 atom stereocenters. The van der Waals surface area contributed by atoms with Gasteiger partial charge in [0.05, 0.1) is 6.10 Å². The van der Waals surface area contributed by atoms with Crippen molar-refractivity contribution in [2.45, 2.75) is 83.3 Å². The summed E-state index contributed by atoms with van der Waals surface area (Å²) in [5.74, 6) is 1.03. The van der Waals surface area contributed by atoms with Gasteiger partial charge in [0.1, 0.15) is 0 Å². The molecule has 1 aliphatic carbocycles. The molecule has 0 unspecified atom stereocenters. The summed E-state index contributed by atoms with van der Waals surface area (Å²) in [4.78, 5) is 2.78. The maximum absolute atomic E-state index is 5.48. The molecule has 0 aromatic carbocycles. The first-order valence-electron chi connectivity index (χ1n) is 8.60. The number of piperidine rings is 1. The van der Waals surface area contributed by atoms with Gasteiger partial charge >= 0.3 is 0 Å². The van der Waals surface area contributed by atoms with Crippen LogP contribution in [0.1, 0.15) is 71.1 Å². The molecule has 19 heavy (non-hydrogen) atoms. The molecule has 0 bridgehead atoms. The third-order valence-electron chi connectivity index (χ3n) is 5.36. The molecule has 2 nitrogen and oxygen atoms in total. The van der Waals surface area contributed by atoms with Crippen molar-refractivity contribution in [3.63, 3.8) is 0 Å². The Hall–Kier alpha value is -0.0800. The minimum absolute atomic E-state index is 0.544. The summed E-state index contributed by atoms with van der Waals surface area (Å²) in [6, 6.07) is 0.864. The van der Waals surface area contributed by atoms with Crippen LogP contribution < -0.4 is 0 Å². The lowest BCUT2D eigenvalue weighted by atomic mass is 9.87. The van der Waals surface area contributed by atoms with Crippen LogP contribution in [0.5, 0.6) is 0 Å². The van der Waals surface area contributed by atoms with E-state index in [1.165, 1.54) is 77.3 Å². The van der Waals surface area contributed by atoms with E-state index in [0.717, 1.165) is 12.0 Å². The average molecular weight is 267 g/mol. The van der Waals surface area contributed by atoms with Crippen LogP contribution in [-0.2, 0) is 4.74 Å². The van der Waals surface area contributed by atoms with Gasteiger partial charge in [0.2, 0.25) is 0 Å². The number of unbranched alkanes of at least 4 members (excludes halogenated alkanes) is 2. The molecule has 0 spiro atoms. The zero-order valence-corrected chi connectivity index (χ0v) is 13.1. The van der Waals surface area contributed by atoms with Gasteiger partial charge in [-0.25, -0.2) is 0 Å². The van der Waals surface area contributed by atoms with E-state index in [1.54, 1.807) is 0 Å². The van der Waals surface area contributed by atoms with Gasteiger partial charge in [-0.15, -0.1) is 0 Å². The van der Waals surface area contributed by atoms with Gasteiger partial charge < -0.3 is 9.64 Å². The van der Waals surface area contributed by atoms with Crippen LogP contribution in [0.15, 0.2) is 0 Å². The van der Waals surface area contributed by atoms with E-state index >= 15 is 0 Å². The number of likely N-dealkylation sites (tertiary alicyclic amines) is 1. The molecule has 1 saturated carbocycles. The van der Waals surface area contributed by atoms with E-state index < -0.39 is 0 Å². The maximum Gasteiger partial charge on any atom is 0.0572 e. The number of nitrogens with zero attached hydrogens (tertiary/aromatic N) is 1. The number of hydrogen-bond donors (Lipinski definition) is 0. The van der Waals surface area contributed by atoms with Gasteiger partial charge in [-0.2, -0.15) is 0 Å². The fraction of sp³-hybridized carbons (Fsp3) is 1.00. The van der Waals surface area contributed by atoms with Crippen LogP contribution in [0.25, 0.3) is 0 Å². The molecule has 1 saturated heterocycles. The zero-order valence-electron chi connectivity index (χ0n) is 13.1. The molecule has 112 valence electrons. The summed E-state index contributed by atoms with van der Waals surface area (Å²) in [6.45, 7) is 5.02. The molecular formula is C17H33NO. The Labute approximate surface area is 119 Å². The second-order valence-electron chi connectivity index (χ2n) is 6.64. The zero-order chi connectivity index (χ0) is 13.5. The van der Waals surface area contributed by atoms with Crippen LogP contribution in [0.4, 0.5) is 0 Å². The van der Waals surface area contributed by atoms with Crippen LogP contribution in [-0.4, -0.2) is 37.2 Å². The first kappa shape index (κ1) is 15.3. The van der Waals surface area contributed by atoms with Crippen molar-refractivity contribution in [2.75, 3.05) is 20.2 Å². The van der Waals surface area contributed by atoms with Gasteiger partial charge in [-0.1, -0.05) is 32.6 Å². The number of rotatable bonds is 6. The lowest BCUT2D eigenvalue weighted by molar-refractivity contribution is 0.0284. The summed E-state index contributed by atoms with van der Waals surface area (Å²) < 4.78 is 5.48. The molecular weight excluding hydrogens is 234 g/mol. The third kappa shape index (κ3) is 4.75. The molecule has 2 rings (SSSR count). The Morgan fingerprint density at radius 3 is 2.21 bits per heavy atom. The number of methoxy groups -OCH3 is 1. The summed E-state index contributed by atoms with van der Waals surface area (Å²) in [5.41, 5.74) is 0. The Kier molecular flexibility index (Phi) is 6.66. The predicted octanol–water partition coefficient (Wildman–Crippen LogP) is 4.24. The molecule has 0 aromatic heterocycles. The fourth-order valence-electron chi connectivity index (χ4n) is 3.94.